The smallest absolute Gasteiger partial charge is 0.305 e. The molecule has 2 fully saturated rings. The summed E-state index contributed by atoms with van der Waals surface area (Å²) in [5.41, 5.74) is 1.53. The zero-order chi connectivity index (χ0) is 23.0. The third kappa shape index (κ3) is 4.27. The molecule has 0 radical (unpaired) electrons. The van der Waals surface area contributed by atoms with E-state index in [0.29, 0.717) is 35.0 Å². The molecule has 11 heteroatoms. The van der Waals surface area contributed by atoms with Crippen molar-refractivity contribution in [1.82, 2.24) is 19.2 Å². The molecule has 9 nitrogen and oxygen atoms in total. The van der Waals surface area contributed by atoms with Crippen molar-refractivity contribution < 1.29 is 14.7 Å². The fourth-order valence-corrected chi connectivity index (χ4v) is 5.01. The number of nitrogens with zero attached hydrogens (tertiary/aromatic N) is 5. The highest BCUT2D eigenvalue weighted by atomic mass is 32.2. The fraction of sp³-hybridized carbons (Fsp3) is 0.381. The third-order valence-corrected chi connectivity index (χ3v) is 6.94. The number of piperazine rings is 1. The molecule has 0 saturated carbocycles. The summed E-state index contributed by atoms with van der Waals surface area (Å²) in [4.78, 5) is 48.0. The van der Waals surface area contributed by atoms with Crippen LogP contribution in [-0.4, -0.2) is 80.3 Å². The van der Waals surface area contributed by atoms with Gasteiger partial charge in [-0.15, -0.1) is 0 Å². The van der Waals surface area contributed by atoms with E-state index in [2.05, 4.69) is 9.80 Å². The molecular weight excluding hydrogens is 450 g/mol. The van der Waals surface area contributed by atoms with Crippen LogP contribution in [-0.2, 0) is 9.59 Å². The summed E-state index contributed by atoms with van der Waals surface area (Å²) in [5, 5.41) is 8.94. The Morgan fingerprint density at radius 1 is 1.28 bits per heavy atom. The molecule has 1 amide bonds. The second-order valence-corrected chi connectivity index (χ2v) is 9.48. The topological polar surface area (TPSA) is 98.5 Å². The normalized spacial score (nSPS) is 18.9. The van der Waals surface area contributed by atoms with Gasteiger partial charge in [0.1, 0.15) is 15.8 Å². The summed E-state index contributed by atoms with van der Waals surface area (Å²) >= 11 is 6.35. The average Bonchev–Trinajstić information content (AvgIpc) is 3.02. The van der Waals surface area contributed by atoms with Crippen molar-refractivity contribution in [2.45, 2.75) is 13.3 Å². The molecule has 0 bridgehead atoms. The highest BCUT2D eigenvalue weighted by molar-refractivity contribution is 8.26. The zero-order valence-corrected chi connectivity index (χ0v) is 19.4. The number of likely N-dealkylation sites (N-methyl/N-ethyl adjacent to an activating group) is 1. The minimum Gasteiger partial charge on any atom is -0.481 e. The van der Waals surface area contributed by atoms with Crippen LogP contribution >= 0.6 is 24.0 Å². The number of hydrogen-bond donors (Lipinski definition) is 1. The first-order valence-corrected chi connectivity index (χ1v) is 11.4. The van der Waals surface area contributed by atoms with E-state index in [1.807, 2.05) is 20.0 Å². The molecule has 2 aromatic heterocycles. The van der Waals surface area contributed by atoms with Crippen molar-refractivity contribution in [3.63, 3.8) is 0 Å². The quantitative estimate of drug-likeness (QED) is 0.511. The molecule has 2 aliphatic rings. The van der Waals surface area contributed by atoms with E-state index >= 15 is 0 Å². The number of aryl methyl sites for hydroxylation is 1. The number of thiocarbonyl (C=S) groups is 1. The number of aromatic nitrogens is 2. The Morgan fingerprint density at radius 2 is 2.00 bits per heavy atom. The van der Waals surface area contributed by atoms with Crippen LogP contribution in [0, 0.1) is 6.92 Å². The summed E-state index contributed by atoms with van der Waals surface area (Å²) in [5.74, 6) is -0.847. The Morgan fingerprint density at radius 3 is 2.69 bits per heavy atom. The summed E-state index contributed by atoms with van der Waals surface area (Å²) in [6.07, 6.45) is 3.02. The van der Waals surface area contributed by atoms with Crippen LogP contribution in [0.3, 0.4) is 0 Å². The van der Waals surface area contributed by atoms with E-state index in [0.717, 1.165) is 30.4 Å². The molecule has 0 aromatic carbocycles. The van der Waals surface area contributed by atoms with Gasteiger partial charge in [-0.25, -0.2) is 4.98 Å². The van der Waals surface area contributed by atoms with E-state index in [1.54, 1.807) is 18.3 Å². The van der Waals surface area contributed by atoms with Crippen LogP contribution in [0.1, 0.15) is 17.5 Å². The number of aliphatic carboxylic acids is 1. The van der Waals surface area contributed by atoms with E-state index in [1.165, 1.54) is 9.30 Å². The van der Waals surface area contributed by atoms with Gasteiger partial charge in [-0.05, 0) is 31.7 Å². The highest BCUT2D eigenvalue weighted by Crippen LogP contribution is 2.33. The number of carbonyl (C=O) groups excluding carboxylic acids is 1. The Kier molecular flexibility index (Phi) is 6.31. The molecule has 2 aliphatic heterocycles. The van der Waals surface area contributed by atoms with Crippen LogP contribution in [0.5, 0.6) is 0 Å². The van der Waals surface area contributed by atoms with Crippen LogP contribution in [0.4, 0.5) is 5.82 Å². The van der Waals surface area contributed by atoms with Crippen molar-refractivity contribution in [1.29, 1.82) is 0 Å². The first-order valence-electron chi connectivity index (χ1n) is 10.2. The predicted molar refractivity (Wildman–Crippen MR) is 128 cm³/mol. The zero-order valence-electron chi connectivity index (χ0n) is 17.8. The molecule has 4 heterocycles. The molecule has 0 spiro atoms. The Bertz CT molecular complexity index is 1200. The lowest BCUT2D eigenvalue weighted by atomic mass is 10.2. The minimum atomic E-state index is -1.01. The van der Waals surface area contributed by atoms with Crippen LogP contribution < -0.4 is 10.5 Å². The van der Waals surface area contributed by atoms with Gasteiger partial charge in [0.25, 0.3) is 11.5 Å². The maximum Gasteiger partial charge on any atom is 0.305 e. The lowest BCUT2D eigenvalue weighted by molar-refractivity contribution is -0.137. The van der Waals surface area contributed by atoms with Gasteiger partial charge in [0.15, 0.2) is 0 Å². The van der Waals surface area contributed by atoms with Gasteiger partial charge in [-0.3, -0.25) is 23.7 Å². The molecule has 168 valence electrons. The van der Waals surface area contributed by atoms with E-state index in [9.17, 15) is 14.4 Å². The Labute approximate surface area is 194 Å². The van der Waals surface area contributed by atoms with Gasteiger partial charge in [0, 0.05) is 38.9 Å². The minimum absolute atomic E-state index is 0.00317. The van der Waals surface area contributed by atoms with Gasteiger partial charge in [0.05, 0.1) is 16.9 Å². The van der Waals surface area contributed by atoms with Crippen molar-refractivity contribution in [2.75, 3.05) is 44.7 Å². The molecule has 1 N–H and O–H groups in total. The molecule has 4 rings (SSSR count). The maximum absolute atomic E-state index is 13.5. The number of thioether (sulfide) groups is 1. The van der Waals surface area contributed by atoms with Crippen molar-refractivity contribution in [2.24, 2.45) is 0 Å². The number of fused-ring (bicyclic) bond motifs is 1. The Balaban J connectivity index is 1.81. The number of pyridine rings is 1. The van der Waals surface area contributed by atoms with Crippen LogP contribution in [0.15, 0.2) is 28.0 Å². The number of carbonyl (C=O) groups is 2. The summed E-state index contributed by atoms with van der Waals surface area (Å²) < 4.78 is 1.78. The largest absolute Gasteiger partial charge is 0.481 e. The first kappa shape index (κ1) is 22.4. The van der Waals surface area contributed by atoms with Gasteiger partial charge in [-0.1, -0.05) is 30.0 Å². The van der Waals surface area contributed by atoms with Gasteiger partial charge in [0.2, 0.25) is 0 Å². The molecule has 2 saturated heterocycles. The van der Waals surface area contributed by atoms with E-state index in [-0.39, 0.29) is 28.8 Å². The van der Waals surface area contributed by atoms with Crippen LogP contribution in [0.25, 0.3) is 11.7 Å². The monoisotopic (exact) mass is 473 g/mol. The lowest BCUT2D eigenvalue weighted by Gasteiger charge is -2.34. The average molecular weight is 474 g/mol. The lowest BCUT2D eigenvalue weighted by Crippen LogP contribution is -2.45. The number of carboxylic acids is 1. The third-order valence-electron chi connectivity index (χ3n) is 5.57. The van der Waals surface area contributed by atoms with Gasteiger partial charge in [-0.2, -0.15) is 0 Å². The number of hydrogen-bond acceptors (Lipinski definition) is 8. The molecule has 0 atom stereocenters. The second kappa shape index (κ2) is 9.00. The predicted octanol–water partition coefficient (Wildman–Crippen LogP) is 1.43. The summed E-state index contributed by atoms with van der Waals surface area (Å²) in [6, 6.07) is 3.69. The Hall–Kier alpha value is -2.76. The number of amides is 1. The van der Waals surface area contributed by atoms with Crippen LogP contribution in [0.2, 0.25) is 0 Å². The molecule has 32 heavy (non-hydrogen) atoms. The van der Waals surface area contributed by atoms with Crippen molar-refractivity contribution in [3.05, 3.63) is 44.7 Å². The number of rotatable bonds is 5. The number of anilines is 1. The fourth-order valence-electron chi connectivity index (χ4n) is 3.72. The first-order chi connectivity index (χ1) is 15.3. The SMILES string of the molecule is Cc1cccn2c(=O)c(/C=C3\SC(=S)N(CCC(=O)O)C3=O)c(N3CCN(C)CC3)nc12. The molecule has 0 aliphatic carbocycles. The summed E-state index contributed by atoms with van der Waals surface area (Å²) in [7, 11) is 2.05. The molecule has 2 aromatic rings. The second-order valence-electron chi connectivity index (χ2n) is 7.81. The van der Waals surface area contributed by atoms with Crippen molar-refractivity contribution in [3.8, 4) is 0 Å². The summed E-state index contributed by atoms with van der Waals surface area (Å²) in [6.45, 7) is 5.01. The molecular formula is C21H23N5O4S2. The highest BCUT2D eigenvalue weighted by Gasteiger charge is 2.33. The van der Waals surface area contributed by atoms with E-state index < -0.39 is 5.97 Å². The van der Waals surface area contributed by atoms with Gasteiger partial charge < -0.3 is 14.9 Å². The molecule has 0 unspecified atom stereocenters. The standard InChI is InChI=1S/C21H23N5O4S2/c1-13-4-3-6-25-17(13)22-18(24-10-8-23(2)9-11-24)14(19(25)29)12-15-20(30)26(21(31)32-15)7-5-16(27)28/h3-4,6,12H,5,7-11H2,1-2H3,(H,27,28)/b15-12-. The van der Waals surface area contributed by atoms with Crippen molar-refractivity contribution >= 4 is 57.7 Å². The van der Waals surface area contributed by atoms with E-state index in [4.69, 9.17) is 22.3 Å². The number of carboxylic acid groups (broad SMARTS) is 1. The van der Waals surface area contributed by atoms with Gasteiger partial charge >= 0.3 is 5.97 Å². The maximum atomic E-state index is 13.5.